The average Bonchev–Trinajstić information content (AvgIpc) is 3.20. The molecule has 0 amide bonds. The van der Waals surface area contributed by atoms with Crippen molar-refractivity contribution >= 4 is 6.02 Å². The Bertz CT molecular complexity index is 1320. The zero-order valence-corrected chi connectivity index (χ0v) is 18.1. The highest BCUT2D eigenvalue weighted by molar-refractivity contribution is 5.78. The van der Waals surface area contributed by atoms with Gasteiger partial charge in [-0.1, -0.05) is 12.1 Å². The molecule has 0 saturated heterocycles. The van der Waals surface area contributed by atoms with Crippen LogP contribution in [-0.4, -0.2) is 24.2 Å². The molecule has 3 heterocycles. The quantitative estimate of drug-likeness (QED) is 0.635. The molecule has 7 nitrogen and oxygen atoms in total. The maximum atomic E-state index is 14.9. The molecule has 0 radical (unpaired) electrons. The molecule has 5 rings (SSSR count). The van der Waals surface area contributed by atoms with Gasteiger partial charge in [-0.05, 0) is 43.7 Å². The van der Waals surface area contributed by atoms with Crippen molar-refractivity contribution in [3.63, 3.8) is 0 Å². The minimum Gasteiger partial charge on any atom is -0.489 e. The number of benzene rings is 2. The molecule has 2 aliphatic rings. The number of nitrogens with two attached hydrogens (primary N) is 1. The number of aliphatic imine (C=N–C) groups is 1. The van der Waals surface area contributed by atoms with Crippen LogP contribution in [0.25, 0.3) is 11.1 Å². The van der Waals surface area contributed by atoms with Gasteiger partial charge in [0.1, 0.15) is 24.7 Å². The van der Waals surface area contributed by atoms with Crippen LogP contribution in [0.2, 0.25) is 0 Å². The second kappa shape index (κ2) is 7.48. The van der Waals surface area contributed by atoms with Gasteiger partial charge in [0, 0.05) is 35.2 Å². The molecular formula is C25H21FN4O3. The van der Waals surface area contributed by atoms with Gasteiger partial charge in [0.2, 0.25) is 0 Å². The third-order valence-corrected chi connectivity index (χ3v) is 5.74. The van der Waals surface area contributed by atoms with Crippen LogP contribution in [0.15, 0.2) is 59.9 Å². The van der Waals surface area contributed by atoms with Crippen LogP contribution in [0.5, 0.6) is 17.2 Å². The monoisotopic (exact) mass is 444 g/mol. The third-order valence-electron chi connectivity index (χ3n) is 5.74. The Morgan fingerprint density at radius 1 is 1.18 bits per heavy atom. The first kappa shape index (κ1) is 20.8. The van der Waals surface area contributed by atoms with Gasteiger partial charge in [-0.2, -0.15) is 5.26 Å². The van der Waals surface area contributed by atoms with E-state index in [0.717, 1.165) is 16.7 Å². The van der Waals surface area contributed by atoms with Crippen molar-refractivity contribution in [2.75, 3.05) is 13.2 Å². The smallest absolute Gasteiger partial charge is 0.283 e. The molecule has 1 aromatic heterocycles. The van der Waals surface area contributed by atoms with E-state index in [1.807, 2.05) is 30.3 Å². The Labute approximate surface area is 190 Å². The van der Waals surface area contributed by atoms with Crippen LogP contribution in [0.3, 0.4) is 0 Å². The second-order valence-corrected chi connectivity index (χ2v) is 8.72. The SMILES string of the molecule is CC(C)(C#N)COc1cc2c(cc1F)Oc1ccc(-c3cccnc3)cc1[C@@]21COC(N)=N1. The molecule has 0 saturated carbocycles. The number of ether oxygens (including phenoxy) is 3. The molecule has 2 N–H and O–H groups in total. The van der Waals surface area contributed by atoms with E-state index in [0.29, 0.717) is 17.1 Å². The molecule has 0 bridgehead atoms. The molecule has 166 valence electrons. The van der Waals surface area contributed by atoms with Crippen LogP contribution in [0.1, 0.15) is 25.0 Å². The first-order valence-corrected chi connectivity index (χ1v) is 10.4. The zero-order chi connectivity index (χ0) is 23.2. The molecule has 3 aromatic rings. The van der Waals surface area contributed by atoms with Crippen molar-refractivity contribution in [1.82, 2.24) is 4.98 Å². The van der Waals surface area contributed by atoms with Gasteiger partial charge >= 0.3 is 0 Å². The number of aromatic nitrogens is 1. The van der Waals surface area contributed by atoms with E-state index in [1.54, 1.807) is 32.3 Å². The Morgan fingerprint density at radius 2 is 2.00 bits per heavy atom. The minimum atomic E-state index is -1.03. The minimum absolute atomic E-state index is 0.00702. The molecule has 2 aromatic carbocycles. The van der Waals surface area contributed by atoms with Gasteiger partial charge in [0.05, 0.1) is 11.5 Å². The molecule has 0 unspecified atom stereocenters. The van der Waals surface area contributed by atoms with Crippen LogP contribution in [0, 0.1) is 22.6 Å². The highest BCUT2D eigenvalue weighted by Crippen LogP contribution is 2.52. The van der Waals surface area contributed by atoms with Crippen molar-refractivity contribution in [3.05, 3.63) is 71.8 Å². The number of halogens is 1. The van der Waals surface area contributed by atoms with Crippen molar-refractivity contribution in [1.29, 1.82) is 5.26 Å². The fraction of sp³-hybridized carbons (Fsp3) is 0.240. The van der Waals surface area contributed by atoms with Gasteiger partial charge in [0.15, 0.2) is 17.1 Å². The number of nitriles is 1. The van der Waals surface area contributed by atoms with Crippen LogP contribution >= 0.6 is 0 Å². The summed E-state index contributed by atoms with van der Waals surface area (Å²) in [5, 5.41) is 9.26. The summed E-state index contributed by atoms with van der Waals surface area (Å²) in [5.41, 5.74) is 7.30. The molecular weight excluding hydrogens is 423 g/mol. The fourth-order valence-electron chi connectivity index (χ4n) is 3.97. The van der Waals surface area contributed by atoms with E-state index in [4.69, 9.17) is 19.9 Å². The first-order valence-electron chi connectivity index (χ1n) is 10.4. The van der Waals surface area contributed by atoms with E-state index in [2.05, 4.69) is 16.0 Å². The topological polar surface area (TPSA) is 103 Å². The summed E-state index contributed by atoms with van der Waals surface area (Å²) in [5.74, 6) is 0.260. The summed E-state index contributed by atoms with van der Waals surface area (Å²) < 4.78 is 32.2. The molecule has 8 heteroatoms. The van der Waals surface area contributed by atoms with E-state index >= 15 is 0 Å². The van der Waals surface area contributed by atoms with Crippen molar-refractivity contribution in [2.45, 2.75) is 19.4 Å². The van der Waals surface area contributed by atoms with Crippen LogP contribution < -0.4 is 15.2 Å². The predicted octanol–water partition coefficient (Wildman–Crippen LogP) is 4.51. The summed E-state index contributed by atoms with van der Waals surface area (Å²) in [6, 6.07) is 14.5. The lowest BCUT2D eigenvalue weighted by atomic mass is 9.80. The van der Waals surface area contributed by atoms with Crippen molar-refractivity contribution in [3.8, 4) is 34.4 Å². The Kier molecular flexibility index (Phi) is 4.71. The van der Waals surface area contributed by atoms with Crippen LogP contribution in [0.4, 0.5) is 4.39 Å². The maximum Gasteiger partial charge on any atom is 0.283 e. The fourth-order valence-corrected chi connectivity index (χ4v) is 3.97. The van der Waals surface area contributed by atoms with Crippen LogP contribution in [-0.2, 0) is 10.3 Å². The number of nitrogens with zero attached hydrogens (tertiary/aromatic N) is 3. The predicted molar refractivity (Wildman–Crippen MR) is 119 cm³/mol. The number of pyridine rings is 1. The van der Waals surface area contributed by atoms with E-state index < -0.39 is 16.8 Å². The number of hydrogen-bond acceptors (Lipinski definition) is 7. The summed E-state index contributed by atoms with van der Waals surface area (Å²) in [4.78, 5) is 8.83. The first-order chi connectivity index (χ1) is 15.8. The Hall–Kier alpha value is -4.12. The van der Waals surface area contributed by atoms with Crippen molar-refractivity contribution < 1.29 is 18.6 Å². The number of hydrogen-bond donors (Lipinski definition) is 1. The highest BCUT2D eigenvalue weighted by Gasteiger charge is 2.47. The van der Waals surface area contributed by atoms with Gasteiger partial charge in [-0.25, -0.2) is 9.38 Å². The van der Waals surface area contributed by atoms with Gasteiger partial charge < -0.3 is 19.9 Å². The van der Waals surface area contributed by atoms with E-state index in [9.17, 15) is 9.65 Å². The highest BCUT2D eigenvalue weighted by atomic mass is 19.1. The lowest BCUT2D eigenvalue weighted by Crippen LogP contribution is -2.31. The van der Waals surface area contributed by atoms with E-state index in [-0.39, 0.29) is 25.0 Å². The summed E-state index contributed by atoms with van der Waals surface area (Å²) in [6.45, 7) is 3.60. The molecule has 2 aliphatic heterocycles. The Morgan fingerprint density at radius 3 is 2.70 bits per heavy atom. The normalized spacial score (nSPS) is 18.4. The molecule has 33 heavy (non-hydrogen) atoms. The standard InChI is InChI=1S/C25H21FN4O3/c1-24(2,12-27)13-31-22-9-18-21(10-19(22)26)33-20-6-5-15(16-4-3-7-29-11-16)8-17(20)25(18)14-32-23(28)30-25/h3-11H,13-14H2,1-2H3,(H2,28,30)/t25-/m0/s1. The summed E-state index contributed by atoms with van der Waals surface area (Å²) >= 11 is 0. The number of amidine groups is 1. The number of rotatable bonds is 4. The lowest BCUT2D eigenvalue weighted by Gasteiger charge is -2.34. The lowest BCUT2D eigenvalue weighted by molar-refractivity contribution is 0.216. The zero-order valence-electron chi connectivity index (χ0n) is 18.1. The molecule has 1 atom stereocenters. The Balaban J connectivity index is 1.64. The largest absolute Gasteiger partial charge is 0.489 e. The molecule has 0 aliphatic carbocycles. The van der Waals surface area contributed by atoms with E-state index in [1.165, 1.54) is 6.07 Å². The summed E-state index contributed by atoms with van der Waals surface area (Å²) in [7, 11) is 0. The molecule has 0 fully saturated rings. The van der Waals surface area contributed by atoms with Crippen molar-refractivity contribution in [2.24, 2.45) is 16.1 Å². The van der Waals surface area contributed by atoms with Gasteiger partial charge in [0.25, 0.3) is 6.02 Å². The molecule has 1 spiro atoms. The average molecular weight is 444 g/mol. The number of fused-ring (bicyclic) bond motifs is 4. The maximum absolute atomic E-state index is 14.9. The third kappa shape index (κ3) is 3.52. The van der Waals surface area contributed by atoms with Gasteiger partial charge in [-0.15, -0.1) is 0 Å². The summed E-state index contributed by atoms with van der Waals surface area (Å²) in [6.07, 6.45) is 3.48. The van der Waals surface area contributed by atoms with Gasteiger partial charge in [-0.3, -0.25) is 4.98 Å². The second-order valence-electron chi connectivity index (χ2n) is 8.72.